The molecule has 1 fully saturated rings. The number of hydrogen-bond donors (Lipinski definition) is 3. The summed E-state index contributed by atoms with van der Waals surface area (Å²) in [5.41, 5.74) is 1.05. The van der Waals surface area contributed by atoms with E-state index in [4.69, 9.17) is 0 Å². The molecule has 1 aromatic carbocycles. The van der Waals surface area contributed by atoms with Gasteiger partial charge in [0.05, 0.1) is 0 Å². The highest BCUT2D eigenvalue weighted by Gasteiger charge is 2.21. The predicted octanol–water partition coefficient (Wildman–Crippen LogP) is 2.11. The highest BCUT2D eigenvalue weighted by atomic mass is 16.1. The Morgan fingerprint density at radius 3 is 2.78 bits per heavy atom. The van der Waals surface area contributed by atoms with E-state index in [1.807, 2.05) is 30.3 Å². The van der Waals surface area contributed by atoms with Crippen molar-refractivity contribution in [3.8, 4) is 0 Å². The number of piperidine rings is 1. The number of hydrogen-bond acceptors (Lipinski definition) is 2. The number of H-pyrrole nitrogens is 1. The Hall–Kier alpha value is -1.81. The molecule has 3 N–H and O–H groups in total. The molecular formula is C14H17N3O. The summed E-state index contributed by atoms with van der Waals surface area (Å²) in [5, 5.41) is 7.37. The molecule has 0 spiro atoms. The van der Waals surface area contributed by atoms with Crippen LogP contribution in [0.4, 0.5) is 5.82 Å². The minimum atomic E-state index is 0.128. The van der Waals surface area contributed by atoms with E-state index in [-0.39, 0.29) is 11.8 Å². The van der Waals surface area contributed by atoms with Gasteiger partial charge < -0.3 is 15.6 Å². The van der Waals surface area contributed by atoms with Crippen LogP contribution in [-0.4, -0.2) is 24.0 Å². The third kappa shape index (κ3) is 2.24. The lowest BCUT2D eigenvalue weighted by molar-refractivity contribution is -0.120. The second-order valence-corrected chi connectivity index (χ2v) is 4.78. The summed E-state index contributed by atoms with van der Waals surface area (Å²) in [4.78, 5) is 15.3. The molecule has 1 amide bonds. The van der Waals surface area contributed by atoms with E-state index in [2.05, 4.69) is 15.6 Å². The molecule has 94 valence electrons. The Morgan fingerprint density at radius 1 is 1.22 bits per heavy atom. The monoisotopic (exact) mass is 243 g/mol. The second-order valence-electron chi connectivity index (χ2n) is 4.78. The molecule has 0 atom stereocenters. The maximum absolute atomic E-state index is 12.1. The van der Waals surface area contributed by atoms with Gasteiger partial charge in [-0.1, -0.05) is 18.2 Å². The molecule has 0 radical (unpaired) electrons. The van der Waals surface area contributed by atoms with Gasteiger partial charge in [0.1, 0.15) is 5.82 Å². The lowest BCUT2D eigenvalue weighted by atomic mass is 9.97. The first-order valence-corrected chi connectivity index (χ1v) is 6.42. The van der Waals surface area contributed by atoms with Crippen LogP contribution in [0.1, 0.15) is 12.8 Å². The maximum atomic E-state index is 12.1. The standard InChI is InChI=1S/C14H17N3O/c18-14(10-5-7-15-8-6-10)17-13-9-11-3-1-2-4-12(11)16-13/h1-4,9-10,15-16H,5-8H2,(H,17,18). The van der Waals surface area contributed by atoms with Crippen LogP contribution in [0.5, 0.6) is 0 Å². The van der Waals surface area contributed by atoms with E-state index in [1.54, 1.807) is 0 Å². The first-order valence-electron chi connectivity index (χ1n) is 6.42. The summed E-state index contributed by atoms with van der Waals surface area (Å²) >= 11 is 0. The lowest BCUT2D eigenvalue weighted by Crippen LogP contribution is -2.34. The van der Waals surface area contributed by atoms with Crippen molar-refractivity contribution in [2.24, 2.45) is 5.92 Å². The molecule has 0 unspecified atom stereocenters. The summed E-state index contributed by atoms with van der Waals surface area (Å²) in [6.45, 7) is 1.87. The van der Waals surface area contributed by atoms with Crippen LogP contribution in [0.2, 0.25) is 0 Å². The Bertz CT molecular complexity index is 522. The van der Waals surface area contributed by atoms with Crippen LogP contribution in [0.3, 0.4) is 0 Å². The Kier molecular flexibility index (Phi) is 3.02. The van der Waals surface area contributed by atoms with Gasteiger partial charge in [-0.2, -0.15) is 0 Å². The number of para-hydroxylation sites is 1. The molecule has 3 rings (SSSR count). The lowest BCUT2D eigenvalue weighted by Gasteiger charge is -2.21. The minimum absolute atomic E-state index is 0.128. The largest absolute Gasteiger partial charge is 0.341 e. The highest BCUT2D eigenvalue weighted by molar-refractivity contribution is 5.95. The number of amides is 1. The van der Waals surface area contributed by atoms with Gasteiger partial charge in [-0.3, -0.25) is 4.79 Å². The fourth-order valence-corrected chi connectivity index (χ4v) is 2.46. The van der Waals surface area contributed by atoms with Crippen molar-refractivity contribution >= 4 is 22.6 Å². The molecule has 0 aliphatic carbocycles. The van der Waals surface area contributed by atoms with Gasteiger partial charge in [0.25, 0.3) is 0 Å². The van der Waals surface area contributed by atoms with Crippen LogP contribution in [-0.2, 0) is 4.79 Å². The molecule has 1 aliphatic rings. The summed E-state index contributed by atoms with van der Waals surface area (Å²) in [6.07, 6.45) is 1.85. The van der Waals surface area contributed by atoms with Crippen LogP contribution in [0.15, 0.2) is 30.3 Å². The van der Waals surface area contributed by atoms with Gasteiger partial charge in [0.2, 0.25) is 5.91 Å². The Labute approximate surface area is 106 Å². The van der Waals surface area contributed by atoms with Gasteiger partial charge >= 0.3 is 0 Å². The van der Waals surface area contributed by atoms with Crippen LogP contribution in [0.25, 0.3) is 10.9 Å². The number of aromatic nitrogens is 1. The molecule has 18 heavy (non-hydrogen) atoms. The summed E-state index contributed by atoms with van der Waals surface area (Å²) in [6, 6.07) is 10.0. The number of aromatic amines is 1. The van der Waals surface area contributed by atoms with E-state index >= 15 is 0 Å². The highest BCUT2D eigenvalue weighted by Crippen LogP contribution is 2.20. The molecule has 2 aromatic rings. The molecule has 4 heteroatoms. The topological polar surface area (TPSA) is 56.9 Å². The van der Waals surface area contributed by atoms with E-state index in [1.165, 1.54) is 0 Å². The summed E-state index contributed by atoms with van der Waals surface area (Å²) < 4.78 is 0. The third-order valence-corrected chi connectivity index (χ3v) is 3.50. The zero-order chi connectivity index (χ0) is 12.4. The molecule has 0 saturated carbocycles. The van der Waals surface area contributed by atoms with Gasteiger partial charge in [0.15, 0.2) is 0 Å². The molecular weight excluding hydrogens is 226 g/mol. The van der Waals surface area contributed by atoms with E-state index in [0.29, 0.717) is 0 Å². The average molecular weight is 243 g/mol. The van der Waals surface area contributed by atoms with Crippen molar-refractivity contribution in [3.05, 3.63) is 30.3 Å². The SMILES string of the molecule is O=C(Nc1cc2ccccc2[nH]1)C1CCNCC1. The second kappa shape index (κ2) is 4.82. The van der Waals surface area contributed by atoms with Gasteiger partial charge in [-0.05, 0) is 38.1 Å². The van der Waals surface area contributed by atoms with Crippen LogP contribution < -0.4 is 10.6 Å². The average Bonchev–Trinajstić information content (AvgIpc) is 2.82. The minimum Gasteiger partial charge on any atom is -0.341 e. The van der Waals surface area contributed by atoms with Crippen molar-refractivity contribution in [1.29, 1.82) is 0 Å². The van der Waals surface area contributed by atoms with E-state index < -0.39 is 0 Å². The number of nitrogens with one attached hydrogen (secondary N) is 3. The Balaban J connectivity index is 1.73. The van der Waals surface area contributed by atoms with Crippen LogP contribution in [0, 0.1) is 5.92 Å². The molecule has 2 heterocycles. The fourth-order valence-electron chi connectivity index (χ4n) is 2.46. The van der Waals surface area contributed by atoms with Crippen molar-refractivity contribution in [1.82, 2.24) is 10.3 Å². The van der Waals surface area contributed by atoms with Crippen molar-refractivity contribution in [3.63, 3.8) is 0 Å². The zero-order valence-electron chi connectivity index (χ0n) is 10.2. The van der Waals surface area contributed by atoms with Crippen molar-refractivity contribution in [2.75, 3.05) is 18.4 Å². The zero-order valence-corrected chi connectivity index (χ0v) is 10.2. The summed E-state index contributed by atoms with van der Waals surface area (Å²) in [7, 11) is 0. The van der Waals surface area contributed by atoms with Crippen molar-refractivity contribution < 1.29 is 4.79 Å². The number of fused-ring (bicyclic) bond motifs is 1. The van der Waals surface area contributed by atoms with Gasteiger partial charge in [0, 0.05) is 16.8 Å². The quantitative estimate of drug-likeness (QED) is 0.756. The number of benzene rings is 1. The summed E-state index contributed by atoms with van der Waals surface area (Å²) in [5.74, 6) is 1.06. The number of anilines is 1. The number of carbonyl (C=O) groups is 1. The maximum Gasteiger partial charge on any atom is 0.228 e. The van der Waals surface area contributed by atoms with Gasteiger partial charge in [-0.15, -0.1) is 0 Å². The molecule has 0 bridgehead atoms. The smallest absolute Gasteiger partial charge is 0.228 e. The fraction of sp³-hybridized carbons (Fsp3) is 0.357. The molecule has 1 aromatic heterocycles. The van der Waals surface area contributed by atoms with Crippen LogP contribution >= 0.6 is 0 Å². The van der Waals surface area contributed by atoms with Gasteiger partial charge in [-0.25, -0.2) is 0 Å². The molecule has 4 nitrogen and oxygen atoms in total. The Morgan fingerprint density at radius 2 is 2.00 bits per heavy atom. The number of rotatable bonds is 2. The third-order valence-electron chi connectivity index (χ3n) is 3.50. The van der Waals surface area contributed by atoms with E-state index in [0.717, 1.165) is 42.7 Å². The first kappa shape index (κ1) is 11.3. The molecule has 1 saturated heterocycles. The normalized spacial score (nSPS) is 16.9. The predicted molar refractivity (Wildman–Crippen MR) is 72.5 cm³/mol. The van der Waals surface area contributed by atoms with Crippen molar-refractivity contribution in [2.45, 2.75) is 12.8 Å². The van der Waals surface area contributed by atoms with E-state index in [9.17, 15) is 4.79 Å². The number of carbonyl (C=O) groups excluding carboxylic acids is 1. The molecule has 1 aliphatic heterocycles. The first-order chi connectivity index (χ1) is 8.83.